The number of rotatable bonds is 4. The van der Waals surface area contributed by atoms with Gasteiger partial charge in [0, 0.05) is 20.0 Å². The Bertz CT molecular complexity index is 700. The summed E-state index contributed by atoms with van der Waals surface area (Å²) in [6.45, 7) is 0.509. The Morgan fingerprint density at radius 3 is 2.38 bits per heavy atom. The number of hydrogen-bond donors (Lipinski definition) is 1. The molecular formula is C20H22N2O2. The van der Waals surface area contributed by atoms with E-state index >= 15 is 0 Å². The number of amides is 2. The van der Waals surface area contributed by atoms with E-state index in [1.165, 1.54) is 0 Å². The standard InChI is InChI=1S/C20H22N2O2/c1-22-18(23)13-12-17(19(22)16-10-6-3-7-11-16)20(24)21-14-15-8-4-2-5-9-15/h2-11,17,19H,12-14H2,1H3,(H,21,24)/t17-,19+/m1/s1. The third-order valence-corrected chi connectivity index (χ3v) is 4.65. The fourth-order valence-corrected chi connectivity index (χ4v) is 3.33. The lowest BCUT2D eigenvalue weighted by molar-refractivity contribution is -0.141. The quantitative estimate of drug-likeness (QED) is 0.941. The van der Waals surface area contributed by atoms with Crippen LogP contribution in [0.25, 0.3) is 0 Å². The van der Waals surface area contributed by atoms with Gasteiger partial charge in [-0.25, -0.2) is 0 Å². The molecule has 0 radical (unpaired) electrons. The van der Waals surface area contributed by atoms with Gasteiger partial charge in [-0.05, 0) is 17.5 Å². The Morgan fingerprint density at radius 2 is 1.71 bits per heavy atom. The minimum Gasteiger partial charge on any atom is -0.352 e. The summed E-state index contributed by atoms with van der Waals surface area (Å²) < 4.78 is 0. The van der Waals surface area contributed by atoms with E-state index in [0.717, 1.165) is 11.1 Å². The normalized spacial score (nSPS) is 20.7. The molecular weight excluding hydrogens is 300 g/mol. The maximum Gasteiger partial charge on any atom is 0.225 e. The zero-order chi connectivity index (χ0) is 16.9. The minimum absolute atomic E-state index is 0.00653. The molecule has 0 saturated carbocycles. The van der Waals surface area contributed by atoms with E-state index in [9.17, 15) is 9.59 Å². The van der Waals surface area contributed by atoms with E-state index in [4.69, 9.17) is 0 Å². The van der Waals surface area contributed by atoms with Crippen molar-refractivity contribution in [2.24, 2.45) is 5.92 Å². The highest BCUT2D eigenvalue weighted by molar-refractivity contribution is 5.84. The Labute approximate surface area is 142 Å². The van der Waals surface area contributed by atoms with Gasteiger partial charge in [-0.1, -0.05) is 60.7 Å². The van der Waals surface area contributed by atoms with Gasteiger partial charge in [-0.3, -0.25) is 9.59 Å². The third kappa shape index (κ3) is 3.48. The molecule has 4 heteroatoms. The zero-order valence-corrected chi connectivity index (χ0v) is 13.8. The molecule has 4 nitrogen and oxygen atoms in total. The molecule has 2 amide bonds. The first-order valence-corrected chi connectivity index (χ1v) is 8.29. The summed E-state index contributed by atoms with van der Waals surface area (Å²) in [5, 5.41) is 3.03. The molecule has 1 fully saturated rings. The van der Waals surface area contributed by atoms with E-state index in [-0.39, 0.29) is 23.8 Å². The fourth-order valence-electron chi connectivity index (χ4n) is 3.33. The van der Waals surface area contributed by atoms with Crippen LogP contribution in [0.4, 0.5) is 0 Å². The van der Waals surface area contributed by atoms with Crippen LogP contribution < -0.4 is 5.32 Å². The molecule has 124 valence electrons. The maximum absolute atomic E-state index is 12.8. The Morgan fingerprint density at radius 1 is 1.08 bits per heavy atom. The molecule has 2 aromatic carbocycles. The fraction of sp³-hybridized carbons (Fsp3) is 0.300. The van der Waals surface area contributed by atoms with Crippen LogP contribution in [0, 0.1) is 5.92 Å². The van der Waals surface area contributed by atoms with Crippen molar-refractivity contribution in [3.63, 3.8) is 0 Å². The highest BCUT2D eigenvalue weighted by atomic mass is 16.2. The van der Waals surface area contributed by atoms with Crippen LogP contribution in [-0.4, -0.2) is 23.8 Å². The second-order valence-corrected chi connectivity index (χ2v) is 6.21. The Balaban J connectivity index is 1.76. The summed E-state index contributed by atoms with van der Waals surface area (Å²) in [6.07, 6.45) is 1.01. The molecule has 1 heterocycles. The molecule has 2 aromatic rings. The van der Waals surface area contributed by atoms with Crippen LogP contribution in [0.3, 0.4) is 0 Å². The number of nitrogens with zero attached hydrogens (tertiary/aromatic N) is 1. The van der Waals surface area contributed by atoms with Gasteiger partial charge in [-0.15, -0.1) is 0 Å². The van der Waals surface area contributed by atoms with Crippen molar-refractivity contribution in [3.8, 4) is 0 Å². The van der Waals surface area contributed by atoms with Crippen molar-refractivity contribution in [2.45, 2.75) is 25.4 Å². The predicted octanol–water partition coefficient (Wildman–Crippen LogP) is 2.91. The molecule has 3 rings (SSSR count). The summed E-state index contributed by atoms with van der Waals surface area (Å²) in [7, 11) is 1.79. The molecule has 0 aromatic heterocycles. The van der Waals surface area contributed by atoms with Crippen LogP contribution in [0.5, 0.6) is 0 Å². The van der Waals surface area contributed by atoms with Crippen molar-refractivity contribution < 1.29 is 9.59 Å². The van der Waals surface area contributed by atoms with E-state index in [1.807, 2.05) is 60.7 Å². The lowest BCUT2D eigenvalue weighted by Gasteiger charge is -2.38. The Kier molecular flexibility index (Phi) is 4.94. The molecule has 1 aliphatic heterocycles. The number of carbonyl (C=O) groups is 2. The van der Waals surface area contributed by atoms with E-state index < -0.39 is 0 Å². The number of likely N-dealkylation sites (tertiary alicyclic amines) is 1. The topological polar surface area (TPSA) is 49.4 Å². The van der Waals surface area contributed by atoms with E-state index in [2.05, 4.69) is 5.32 Å². The lowest BCUT2D eigenvalue weighted by Crippen LogP contribution is -2.46. The second-order valence-electron chi connectivity index (χ2n) is 6.21. The molecule has 0 unspecified atom stereocenters. The van der Waals surface area contributed by atoms with Gasteiger partial charge in [-0.2, -0.15) is 0 Å². The molecule has 24 heavy (non-hydrogen) atoms. The number of hydrogen-bond acceptors (Lipinski definition) is 2. The largest absolute Gasteiger partial charge is 0.352 e. The van der Waals surface area contributed by atoms with Crippen molar-refractivity contribution in [3.05, 3.63) is 71.8 Å². The van der Waals surface area contributed by atoms with E-state index in [1.54, 1.807) is 11.9 Å². The average Bonchev–Trinajstić information content (AvgIpc) is 2.63. The van der Waals surface area contributed by atoms with E-state index in [0.29, 0.717) is 19.4 Å². The van der Waals surface area contributed by atoms with Gasteiger partial charge in [0.25, 0.3) is 0 Å². The van der Waals surface area contributed by atoms with Crippen LogP contribution in [0.2, 0.25) is 0 Å². The minimum atomic E-state index is -0.223. The monoisotopic (exact) mass is 322 g/mol. The number of benzene rings is 2. The van der Waals surface area contributed by atoms with Gasteiger partial charge in [0.2, 0.25) is 11.8 Å². The van der Waals surface area contributed by atoms with Crippen LogP contribution in [-0.2, 0) is 16.1 Å². The first kappa shape index (κ1) is 16.2. The summed E-state index contributed by atoms with van der Waals surface area (Å²) in [6, 6.07) is 19.5. The zero-order valence-electron chi connectivity index (χ0n) is 13.8. The van der Waals surface area contributed by atoms with Crippen molar-refractivity contribution in [1.82, 2.24) is 10.2 Å². The number of piperidine rings is 1. The summed E-state index contributed by atoms with van der Waals surface area (Å²) >= 11 is 0. The van der Waals surface area contributed by atoms with Gasteiger partial charge in [0.05, 0.1) is 12.0 Å². The van der Waals surface area contributed by atoms with Crippen molar-refractivity contribution >= 4 is 11.8 Å². The summed E-state index contributed by atoms with van der Waals surface area (Å²) in [4.78, 5) is 26.6. The molecule has 1 N–H and O–H groups in total. The van der Waals surface area contributed by atoms with Gasteiger partial charge in [0.15, 0.2) is 0 Å². The number of nitrogens with one attached hydrogen (secondary N) is 1. The Hall–Kier alpha value is -2.62. The molecule has 0 aliphatic carbocycles. The summed E-state index contributed by atoms with van der Waals surface area (Å²) in [5.74, 6) is -0.123. The first-order chi connectivity index (χ1) is 11.7. The van der Waals surface area contributed by atoms with Crippen molar-refractivity contribution in [2.75, 3.05) is 7.05 Å². The molecule has 0 bridgehead atoms. The van der Waals surface area contributed by atoms with Gasteiger partial charge in [0.1, 0.15) is 0 Å². The molecule has 2 atom stereocenters. The molecule has 1 aliphatic rings. The predicted molar refractivity (Wildman–Crippen MR) is 93.0 cm³/mol. The molecule has 0 spiro atoms. The van der Waals surface area contributed by atoms with Gasteiger partial charge < -0.3 is 10.2 Å². The third-order valence-electron chi connectivity index (χ3n) is 4.65. The van der Waals surface area contributed by atoms with Crippen LogP contribution in [0.1, 0.15) is 30.0 Å². The van der Waals surface area contributed by atoms with Crippen molar-refractivity contribution in [1.29, 1.82) is 0 Å². The SMILES string of the molecule is CN1C(=O)CC[C@@H](C(=O)NCc2ccccc2)[C@@H]1c1ccccc1. The lowest BCUT2D eigenvalue weighted by atomic mass is 9.84. The second kappa shape index (κ2) is 7.30. The smallest absolute Gasteiger partial charge is 0.225 e. The molecule has 1 saturated heterocycles. The number of carbonyl (C=O) groups excluding carboxylic acids is 2. The first-order valence-electron chi connectivity index (χ1n) is 8.29. The summed E-state index contributed by atoms with van der Waals surface area (Å²) in [5.41, 5.74) is 2.08. The maximum atomic E-state index is 12.8. The average molecular weight is 322 g/mol. The van der Waals surface area contributed by atoms with Crippen LogP contribution >= 0.6 is 0 Å². The highest BCUT2D eigenvalue weighted by Gasteiger charge is 2.38. The van der Waals surface area contributed by atoms with Crippen LogP contribution in [0.15, 0.2) is 60.7 Å². The highest BCUT2D eigenvalue weighted by Crippen LogP contribution is 2.35. The van der Waals surface area contributed by atoms with Gasteiger partial charge >= 0.3 is 0 Å².